The molecular weight excluding hydrogens is 254 g/mol. The summed E-state index contributed by atoms with van der Waals surface area (Å²) >= 11 is 0. The average molecular weight is 277 g/mol. The monoisotopic (exact) mass is 277 g/mol. The molecule has 1 aliphatic heterocycles. The summed E-state index contributed by atoms with van der Waals surface area (Å²) in [6.45, 7) is 6.39. The Morgan fingerprint density at radius 3 is 2.50 bits per heavy atom. The van der Waals surface area contributed by atoms with Crippen LogP contribution in [0.5, 0.6) is 0 Å². The zero-order chi connectivity index (χ0) is 14.9. The minimum atomic E-state index is -0.454. The summed E-state index contributed by atoms with van der Waals surface area (Å²) in [5, 5.41) is 0. The Morgan fingerprint density at radius 1 is 1.40 bits per heavy atom. The zero-order valence-electron chi connectivity index (χ0n) is 12.9. The number of likely N-dealkylation sites (tertiary alicyclic amines) is 1. The molecule has 1 aliphatic rings. The molecule has 0 spiro atoms. The summed E-state index contributed by atoms with van der Waals surface area (Å²) in [7, 11) is 3.91. The van der Waals surface area contributed by atoms with Crippen LogP contribution in [-0.2, 0) is 4.74 Å². The number of carbonyl (C=O) groups is 1. The van der Waals surface area contributed by atoms with E-state index in [9.17, 15) is 4.79 Å². The van der Waals surface area contributed by atoms with Gasteiger partial charge < -0.3 is 14.5 Å². The Kier molecular flexibility index (Phi) is 3.88. The van der Waals surface area contributed by atoms with Crippen molar-refractivity contribution < 1.29 is 9.53 Å². The molecule has 2 heterocycles. The normalized spacial score (nSPS) is 18.4. The highest BCUT2D eigenvalue weighted by Gasteiger charge is 2.36. The molecule has 5 nitrogen and oxygen atoms in total. The molecule has 0 radical (unpaired) electrons. The van der Waals surface area contributed by atoms with E-state index in [-0.39, 0.29) is 12.1 Å². The van der Waals surface area contributed by atoms with Crippen molar-refractivity contribution in [3.8, 4) is 0 Å². The van der Waals surface area contributed by atoms with Crippen molar-refractivity contribution in [1.29, 1.82) is 0 Å². The highest BCUT2D eigenvalue weighted by atomic mass is 16.6. The molecule has 0 aromatic carbocycles. The van der Waals surface area contributed by atoms with Crippen molar-refractivity contribution in [3.05, 3.63) is 23.9 Å². The molecule has 1 amide bonds. The second-order valence-corrected chi connectivity index (χ2v) is 6.32. The summed E-state index contributed by atoms with van der Waals surface area (Å²) in [6, 6.07) is 4.10. The average Bonchev–Trinajstić information content (AvgIpc) is 2.25. The Balaban J connectivity index is 2.04. The SMILES string of the molecule is CN(C)c1ccc(C2CCN2C(=O)OC(C)(C)C)cn1. The van der Waals surface area contributed by atoms with Gasteiger partial charge in [-0.1, -0.05) is 6.07 Å². The van der Waals surface area contributed by atoms with Crippen LogP contribution in [0.15, 0.2) is 18.3 Å². The number of pyridine rings is 1. The maximum Gasteiger partial charge on any atom is 0.410 e. The van der Waals surface area contributed by atoms with E-state index in [1.165, 1.54) is 0 Å². The molecule has 0 N–H and O–H groups in total. The molecule has 0 bridgehead atoms. The van der Waals surface area contributed by atoms with Crippen molar-refractivity contribution >= 4 is 11.9 Å². The van der Waals surface area contributed by atoms with Crippen LogP contribution in [-0.4, -0.2) is 42.2 Å². The molecule has 5 heteroatoms. The van der Waals surface area contributed by atoms with Crippen molar-refractivity contribution in [3.63, 3.8) is 0 Å². The number of rotatable bonds is 2. The fourth-order valence-electron chi connectivity index (χ4n) is 2.13. The Bertz CT molecular complexity index is 477. The van der Waals surface area contributed by atoms with Gasteiger partial charge >= 0.3 is 6.09 Å². The molecule has 2 rings (SSSR count). The highest BCUT2D eigenvalue weighted by Crippen LogP contribution is 2.34. The van der Waals surface area contributed by atoms with E-state index >= 15 is 0 Å². The lowest BCUT2D eigenvalue weighted by molar-refractivity contribution is -0.00579. The minimum absolute atomic E-state index is 0.0913. The quantitative estimate of drug-likeness (QED) is 0.834. The smallest absolute Gasteiger partial charge is 0.410 e. The maximum absolute atomic E-state index is 12.1. The summed E-state index contributed by atoms with van der Waals surface area (Å²) in [4.78, 5) is 20.2. The standard InChI is InChI=1S/C15H23N3O2/c1-15(2,3)20-14(19)18-9-8-12(18)11-6-7-13(16-10-11)17(4)5/h6-7,10,12H,8-9H2,1-5H3. The van der Waals surface area contributed by atoms with Gasteiger partial charge in [0.2, 0.25) is 0 Å². The first kappa shape index (κ1) is 14.6. The molecule has 0 saturated carbocycles. The number of aromatic nitrogens is 1. The van der Waals surface area contributed by atoms with Gasteiger partial charge in [-0.25, -0.2) is 9.78 Å². The van der Waals surface area contributed by atoms with E-state index in [1.54, 1.807) is 4.90 Å². The van der Waals surface area contributed by atoms with Crippen LogP contribution in [0.25, 0.3) is 0 Å². The first-order chi connectivity index (χ1) is 9.28. The van der Waals surface area contributed by atoms with Gasteiger partial charge in [0.25, 0.3) is 0 Å². The molecule has 0 aliphatic carbocycles. The molecule has 1 atom stereocenters. The van der Waals surface area contributed by atoms with Crippen molar-refractivity contribution in [2.75, 3.05) is 25.5 Å². The third-order valence-corrected chi connectivity index (χ3v) is 3.26. The molecule has 1 aromatic rings. The predicted molar refractivity (Wildman–Crippen MR) is 78.9 cm³/mol. The molecule has 110 valence electrons. The maximum atomic E-state index is 12.1. The topological polar surface area (TPSA) is 45.7 Å². The van der Waals surface area contributed by atoms with Crippen molar-refractivity contribution in [2.45, 2.75) is 38.8 Å². The third-order valence-electron chi connectivity index (χ3n) is 3.26. The van der Waals surface area contributed by atoms with E-state index in [1.807, 2.05) is 58.1 Å². The number of amides is 1. The molecule has 1 fully saturated rings. The van der Waals surface area contributed by atoms with Crippen LogP contribution in [0.1, 0.15) is 38.8 Å². The number of anilines is 1. The molecule has 20 heavy (non-hydrogen) atoms. The number of hydrogen-bond donors (Lipinski definition) is 0. The Hall–Kier alpha value is -1.78. The van der Waals surface area contributed by atoms with E-state index in [0.717, 1.165) is 24.3 Å². The molecule has 1 saturated heterocycles. The van der Waals surface area contributed by atoms with Crippen molar-refractivity contribution in [1.82, 2.24) is 9.88 Å². The van der Waals surface area contributed by atoms with Gasteiger partial charge in [0.1, 0.15) is 11.4 Å². The summed E-state index contributed by atoms with van der Waals surface area (Å²) < 4.78 is 5.41. The van der Waals surface area contributed by atoms with Crippen LogP contribution in [0.2, 0.25) is 0 Å². The number of nitrogens with zero attached hydrogens (tertiary/aromatic N) is 3. The lowest BCUT2D eigenvalue weighted by Gasteiger charge is -2.41. The van der Waals surface area contributed by atoms with E-state index in [4.69, 9.17) is 4.74 Å². The van der Waals surface area contributed by atoms with Gasteiger partial charge in [-0.3, -0.25) is 0 Å². The highest BCUT2D eigenvalue weighted by molar-refractivity contribution is 5.70. The Labute approximate surface area is 120 Å². The van der Waals surface area contributed by atoms with Crippen molar-refractivity contribution in [2.24, 2.45) is 0 Å². The van der Waals surface area contributed by atoms with E-state index in [2.05, 4.69) is 4.98 Å². The van der Waals surface area contributed by atoms with Crippen LogP contribution in [0.3, 0.4) is 0 Å². The number of ether oxygens (including phenoxy) is 1. The lowest BCUT2D eigenvalue weighted by Crippen LogP contribution is -2.47. The fourth-order valence-corrected chi connectivity index (χ4v) is 2.13. The van der Waals surface area contributed by atoms with Gasteiger partial charge in [0.05, 0.1) is 6.04 Å². The number of carbonyl (C=O) groups excluding carboxylic acids is 1. The van der Waals surface area contributed by atoms with Gasteiger partial charge in [0, 0.05) is 26.8 Å². The van der Waals surface area contributed by atoms with E-state index in [0.29, 0.717) is 0 Å². The van der Waals surface area contributed by atoms with Crippen LogP contribution in [0, 0.1) is 0 Å². The predicted octanol–water partition coefficient (Wildman–Crippen LogP) is 2.83. The molecule has 1 unspecified atom stereocenters. The second kappa shape index (κ2) is 5.31. The molecular formula is C15H23N3O2. The lowest BCUT2D eigenvalue weighted by atomic mass is 9.97. The fraction of sp³-hybridized carbons (Fsp3) is 0.600. The third kappa shape index (κ3) is 3.21. The second-order valence-electron chi connectivity index (χ2n) is 6.32. The van der Waals surface area contributed by atoms with E-state index < -0.39 is 5.60 Å². The first-order valence-electron chi connectivity index (χ1n) is 6.91. The largest absolute Gasteiger partial charge is 0.444 e. The van der Waals surface area contributed by atoms with Gasteiger partial charge in [-0.05, 0) is 38.8 Å². The Morgan fingerprint density at radius 2 is 2.10 bits per heavy atom. The first-order valence-corrected chi connectivity index (χ1v) is 6.91. The van der Waals surface area contributed by atoms with Crippen LogP contribution >= 0.6 is 0 Å². The summed E-state index contributed by atoms with van der Waals surface area (Å²) in [6.07, 6.45) is 2.56. The molecule has 1 aromatic heterocycles. The van der Waals surface area contributed by atoms with Gasteiger partial charge in [-0.2, -0.15) is 0 Å². The minimum Gasteiger partial charge on any atom is -0.444 e. The zero-order valence-corrected chi connectivity index (χ0v) is 12.9. The van der Waals surface area contributed by atoms with Crippen LogP contribution in [0.4, 0.5) is 10.6 Å². The van der Waals surface area contributed by atoms with Gasteiger partial charge in [0.15, 0.2) is 0 Å². The van der Waals surface area contributed by atoms with Crippen LogP contribution < -0.4 is 4.90 Å². The summed E-state index contributed by atoms with van der Waals surface area (Å²) in [5.74, 6) is 0.914. The number of hydrogen-bond acceptors (Lipinski definition) is 4. The summed E-state index contributed by atoms with van der Waals surface area (Å²) in [5.41, 5.74) is 0.609. The van der Waals surface area contributed by atoms with Gasteiger partial charge in [-0.15, -0.1) is 0 Å².